The normalized spacial score (nSPS) is 29.0. The van der Waals surface area contributed by atoms with Crippen LogP contribution in [0.4, 0.5) is 5.82 Å². The zero-order valence-corrected chi connectivity index (χ0v) is 11.3. The van der Waals surface area contributed by atoms with E-state index in [9.17, 15) is 0 Å². The van der Waals surface area contributed by atoms with E-state index in [-0.39, 0.29) is 5.54 Å². The average Bonchev–Trinajstić information content (AvgIpc) is 2.35. The molecule has 1 aliphatic carbocycles. The highest BCUT2D eigenvalue weighted by atomic mass is 35.5. The minimum absolute atomic E-state index is 0.00879. The molecule has 4 heteroatoms. The van der Waals surface area contributed by atoms with Gasteiger partial charge in [-0.2, -0.15) is 0 Å². The Hall–Kier alpha value is -0.830. The van der Waals surface area contributed by atoms with Crippen molar-refractivity contribution in [3.8, 4) is 0 Å². The number of hydrogen-bond acceptors (Lipinski definition) is 3. The van der Waals surface area contributed by atoms with Gasteiger partial charge >= 0.3 is 0 Å². The summed E-state index contributed by atoms with van der Waals surface area (Å²) in [5.74, 6) is 2.33. The van der Waals surface area contributed by atoms with Crippen LogP contribution < -0.4 is 5.32 Å². The van der Waals surface area contributed by atoms with E-state index >= 15 is 0 Å². The molecule has 0 spiro atoms. The van der Waals surface area contributed by atoms with E-state index < -0.39 is 0 Å². The molecule has 0 saturated heterocycles. The van der Waals surface area contributed by atoms with Crippen molar-refractivity contribution in [2.45, 2.75) is 45.1 Å². The Labute approximate surface area is 108 Å². The molecule has 0 unspecified atom stereocenters. The lowest BCUT2D eigenvalue weighted by atomic mass is 9.78. The Kier molecular flexibility index (Phi) is 3.87. The van der Waals surface area contributed by atoms with Gasteiger partial charge in [-0.15, -0.1) is 11.6 Å². The Bertz CT molecular complexity index is 373. The molecule has 3 nitrogen and oxygen atoms in total. The van der Waals surface area contributed by atoms with Crippen LogP contribution in [0.25, 0.3) is 0 Å². The third kappa shape index (κ3) is 2.89. The summed E-state index contributed by atoms with van der Waals surface area (Å²) in [4.78, 5) is 8.61. The second kappa shape index (κ2) is 5.21. The lowest BCUT2D eigenvalue weighted by molar-refractivity contribution is 0.286. The molecule has 1 aromatic rings. The lowest BCUT2D eigenvalue weighted by Crippen LogP contribution is -2.44. The lowest BCUT2D eigenvalue weighted by Gasteiger charge is -2.39. The summed E-state index contributed by atoms with van der Waals surface area (Å²) in [6.45, 7) is 4.29. The van der Waals surface area contributed by atoms with Gasteiger partial charge in [0, 0.05) is 18.3 Å². The summed E-state index contributed by atoms with van der Waals surface area (Å²) in [7, 11) is 0. The average molecular weight is 254 g/mol. The Balaban J connectivity index is 2.12. The second-order valence-electron chi connectivity index (χ2n) is 5.21. The molecule has 1 aliphatic rings. The van der Waals surface area contributed by atoms with E-state index in [2.05, 4.69) is 22.2 Å². The molecule has 0 aromatic carbocycles. The predicted molar refractivity (Wildman–Crippen MR) is 71.5 cm³/mol. The molecule has 94 valence electrons. The number of nitrogens with one attached hydrogen (secondary N) is 1. The van der Waals surface area contributed by atoms with E-state index in [1.807, 2.05) is 6.92 Å². The summed E-state index contributed by atoms with van der Waals surface area (Å²) in [6.07, 6.45) is 8.15. The summed E-state index contributed by atoms with van der Waals surface area (Å²) >= 11 is 6.18. The standard InChI is InChI=1S/C13H20ClN3/c1-10-3-5-13(9-14,6-4-10)17-12-11(2)15-7-8-16-12/h7-8,10H,3-6,9H2,1-2H3,(H,16,17). The van der Waals surface area contributed by atoms with E-state index in [1.54, 1.807) is 12.4 Å². The summed E-state index contributed by atoms with van der Waals surface area (Å²) < 4.78 is 0. The van der Waals surface area contributed by atoms with E-state index in [1.165, 1.54) is 12.8 Å². The van der Waals surface area contributed by atoms with Gasteiger partial charge in [-0.25, -0.2) is 4.98 Å². The maximum atomic E-state index is 6.18. The van der Waals surface area contributed by atoms with Gasteiger partial charge in [0.15, 0.2) is 0 Å². The zero-order chi connectivity index (χ0) is 12.3. The molecule has 1 fully saturated rings. The predicted octanol–water partition coefficient (Wildman–Crippen LogP) is 3.38. The van der Waals surface area contributed by atoms with Gasteiger partial charge in [-0.1, -0.05) is 6.92 Å². The van der Waals surface area contributed by atoms with Crippen LogP contribution in [0.5, 0.6) is 0 Å². The fourth-order valence-electron chi connectivity index (χ4n) is 2.39. The monoisotopic (exact) mass is 253 g/mol. The number of anilines is 1. The van der Waals surface area contributed by atoms with Gasteiger partial charge in [0.05, 0.1) is 11.2 Å². The SMILES string of the molecule is Cc1nccnc1NC1(CCl)CCC(C)CC1. The highest BCUT2D eigenvalue weighted by Crippen LogP contribution is 2.35. The molecular formula is C13H20ClN3. The number of nitrogens with zero attached hydrogens (tertiary/aromatic N) is 2. The van der Waals surface area contributed by atoms with Gasteiger partial charge < -0.3 is 5.32 Å². The third-order valence-corrected chi connectivity index (χ3v) is 4.26. The van der Waals surface area contributed by atoms with Crippen molar-refractivity contribution in [1.29, 1.82) is 0 Å². The number of hydrogen-bond donors (Lipinski definition) is 1. The number of aromatic nitrogens is 2. The van der Waals surface area contributed by atoms with Crippen molar-refractivity contribution in [3.63, 3.8) is 0 Å². The number of halogens is 1. The van der Waals surface area contributed by atoms with Crippen molar-refractivity contribution in [1.82, 2.24) is 9.97 Å². The Morgan fingerprint density at radius 3 is 2.59 bits per heavy atom. The number of alkyl halides is 1. The van der Waals surface area contributed by atoms with Crippen molar-refractivity contribution < 1.29 is 0 Å². The highest BCUT2D eigenvalue weighted by Gasteiger charge is 2.34. The van der Waals surface area contributed by atoms with E-state index in [0.717, 1.165) is 30.3 Å². The first kappa shape index (κ1) is 12.6. The van der Waals surface area contributed by atoms with Crippen LogP contribution in [0.1, 0.15) is 38.3 Å². The van der Waals surface area contributed by atoms with Gasteiger partial charge in [-0.05, 0) is 38.5 Å². The molecule has 0 bridgehead atoms. The summed E-state index contributed by atoms with van der Waals surface area (Å²) in [6, 6.07) is 0. The minimum Gasteiger partial charge on any atom is -0.362 e. The van der Waals surface area contributed by atoms with Gasteiger partial charge in [0.2, 0.25) is 0 Å². The van der Waals surface area contributed by atoms with Crippen LogP contribution in [0, 0.1) is 12.8 Å². The van der Waals surface area contributed by atoms with Gasteiger partial charge in [0.1, 0.15) is 5.82 Å². The molecule has 1 heterocycles. The van der Waals surface area contributed by atoms with Crippen LogP contribution in [-0.4, -0.2) is 21.4 Å². The molecule has 0 atom stereocenters. The molecule has 0 amide bonds. The van der Waals surface area contributed by atoms with Crippen molar-refractivity contribution in [2.24, 2.45) is 5.92 Å². The summed E-state index contributed by atoms with van der Waals surface area (Å²) in [5, 5.41) is 3.53. The fourth-order valence-corrected chi connectivity index (χ4v) is 2.72. The summed E-state index contributed by atoms with van der Waals surface area (Å²) in [5.41, 5.74) is 0.949. The molecule has 0 aliphatic heterocycles. The fraction of sp³-hybridized carbons (Fsp3) is 0.692. The molecule has 1 aromatic heterocycles. The first-order valence-electron chi connectivity index (χ1n) is 6.27. The largest absolute Gasteiger partial charge is 0.362 e. The van der Waals surface area contributed by atoms with Crippen molar-refractivity contribution in [2.75, 3.05) is 11.2 Å². The number of aryl methyl sites for hydroxylation is 1. The number of rotatable bonds is 3. The first-order chi connectivity index (χ1) is 8.15. The maximum absolute atomic E-state index is 6.18. The Morgan fingerprint density at radius 1 is 1.35 bits per heavy atom. The quantitative estimate of drug-likeness (QED) is 0.840. The van der Waals surface area contributed by atoms with Crippen LogP contribution in [0.2, 0.25) is 0 Å². The molecule has 2 rings (SSSR count). The third-order valence-electron chi connectivity index (χ3n) is 3.75. The molecule has 1 N–H and O–H groups in total. The molecular weight excluding hydrogens is 234 g/mol. The van der Waals surface area contributed by atoms with Crippen LogP contribution in [-0.2, 0) is 0 Å². The Morgan fingerprint density at radius 2 is 2.00 bits per heavy atom. The van der Waals surface area contributed by atoms with E-state index in [0.29, 0.717) is 5.88 Å². The van der Waals surface area contributed by atoms with Gasteiger partial charge in [0.25, 0.3) is 0 Å². The van der Waals surface area contributed by atoms with Crippen molar-refractivity contribution in [3.05, 3.63) is 18.1 Å². The smallest absolute Gasteiger partial charge is 0.147 e. The maximum Gasteiger partial charge on any atom is 0.147 e. The molecule has 0 radical (unpaired) electrons. The van der Waals surface area contributed by atoms with Gasteiger partial charge in [-0.3, -0.25) is 4.98 Å². The highest BCUT2D eigenvalue weighted by molar-refractivity contribution is 6.18. The van der Waals surface area contributed by atoms with Crippen LogP contribution in [0.3, 0.4) is 0 Å². The van der Waals surface area contributed by atoms with E-state index in [4.69, 9.17) is 11.6 Å². The topological polar surface area (TPSA) is 37.8 Å². The zero-order valence-electron chi connectivity index (χ0n) is 10.5. The minimum atomic E-state index is 0.00879. The second-order valence-corrected chi connectivity index (χ2v) is 5.48. The van der Waals surface area contributed by atoms with Crippen molar-refractivity contribution >= 4 is 17.4 Å². The first-order valence-corrected chi connectivity index (χ1v) is 6.80. The van der Waals surface area contributed by atoms with Crippen LogP contribution >= 0.6 is 11.6 Å². The molecule has 1 saturated carbocycles. The molecule has 17 heavy (non-hydrogen) atoms. The van der Waals surface area contributed by atoms with Crippen LogP contribution in [0.15, 0.2) is 12.4 Å².